The van der Waals surface area contributed by atoms with Gasteiger partial charge >= 0.3 is 0 Å². The van der Waals surface area contributed by atoms with E-state index in [1.54, 1.807) is 23.5 Å². The molecular weight excluding hydrogens is 555 g/mol. The maximum atomic E-state index is 13.2. The molecule has 41 heavy (non-hydrogen) atoms. The zero-order valence-electron chi connectivity index (χ0n) is 23.5. The minimum absolute atomic E-state index is 0.195. The Morgan fingerprint density at radius 2 is 1.68 bits per heavy atom. The van der Waals surface area contributed by atoms with Crippen LogP contribution in [0, 0.1) is 13.8 Å². The van der Waals surface area contributed by atoms with Gasteiger partial charge in [-0.25, -0.2) is 13.4 Å². The molecule has 1 N–H and O–H groups in total. The minimum Gasteiger partial charge on any atom is -0.351 e. The molecule has 3 heterocycles. The van der Waals surface area contributed by atoms with Gasteiger partial charge in [0.25, 0.3) is 5.91 Å². The minimum atomic E-state index is -3.63. The Bertz CT molecular complexity index is 1680. The van der Waals surface area contributed by atoms with Crippen LogP contribution in [0.5, 0.6) is 0 Å². The number of nitrogens with one attached hydrogen (secondary N) is 1. The van der Waals surface area contributed by atoms with Crippen molar-refractivity contribution in [2.24, 2.45) is 0 Å². The predicted octanol–water partition coefficient (Wildman–Crippen LogP) is 4.21. The van der Waals surface area contributed by atoms with Crippen molar-refractivity contribution in [3.05, 3.63) is 88.5 Å². The molecule has 2 aliphatic rings. The first-order valence-corrected chi connectivity index (χ1v) is 16.3. The molecule has 8 nitrogen and oxygen atoms in total. The number of aromatic nitrogens is 1. The van der Waals surface area contributed by atoms with Crippen LogP contribution in [0.3, 0.4) is 0 Å². The summed E-state index contributed by atoms with van der Waals surface area (Å²) in [4.78, 5) is 22.6. The van der Waals surface area contributed by atoms with Gasteiger partial charge in [0.15, 0.2) is 5.13 Å². The van der Waals surface area contributed by atoms with E-state index in [9.17, 15) is 13.2 Å². The summed E-state index contributed by atoms with van der Waals surface area (Å²) >= 11 is 1.77. The normalized spacial score (nSPS) is 16.6. The Labute approximate surface area is 245 Å². The first-order valence-electron chi connectivity index (χ1n) is 14.1. The van der Waals surface area contributed by atoms with Gasteiger partial charge in [0, 0.05) is 57.9 Å². The molecule has 214 valence electrons. The first kappa shape index (κ1) is 27.8. The van der Waals surface area contributed by atoms with E-state index < -0.39 is 10.0 Å². The molecular formula is C31H35N5O3S2. The van der Waals surface area contributed by atoms with Gasteiger partial charge in [-0.2, -0.15) is 4.31 Å². The van der Waals surface area contributed by atoms with E-state index in [0.717, 1.165) is 48.9 Å². The van der Waals surface area contributed by atoms with Crippen molar-refractivity contribution in [2.45, 2.75) is 31.7 Å². The number of carbonyl (C=O) groups is 1. The van der Waals surface area contributed by atoms with Crippen molar-refractivity contribution in [3.8, 4) is 0 Å². The van der Waals surface area contributed by atoms with Crippen LogP contribution in [0.4, 0.5) is 5.13 Å². The molecule has 6 rings (SSSR count). The molecule has 3 aromatic carbocycles. The number of amides is 1. The van der Waals surface area contributed by atoms with Crippen molar-refractivity contribution in [2.75, 3.05) is 50.7 Å². The van der Waals surface area contributed by atoms with Gasteiger partial charge in [0.2, 0.25) is 10.0 Å². The topological polar surface area (TPSA) is 85.8 Å². The van der Waals surface area contributed by atoms with Gasteiger partial charge < -0.3 is 10.2 Å². The summed E-state index contributed by atoms with van der Waals surface area (Å²) < 4.78 is 29.2. The molecule has 10 heteroatoms. The summed E-state index contributed by atoms with van der Waals surface area (Å²) in [6.07, 6.45) is 0.701. The van der Waals surface area contributed by atoms with E-state index in [0.29, 0.717) is 31.6 Å². The number of aryl methyl sites for hydroxylation is 2. The fraction of sp³-hybridized carbons (Fsp3) is 0.355. The van der Waals surface area contributed by atoms with E-state index >= 15 is 0 Å². The van der Waals surface area contributed by atoms with E-state index in [2.05, 4.69) is 47.2 Å². The third kappa shape index (κ3) is 5.88. The maximum Gasteiger partial charge on any atom is 0.251 e. The molecule has 1 aromatic heterocycles. The van der Waals surface area contributed by atoms with Crippen LogP contribution < -0.4 is 10.2 Å². The fourth-order valence-electron chi connectivity index (χ4n) is 5.69. The molecule has 0 atom stereocenters. The van der Waals surface area contributed by atoms with Crippen LogP contribution in [0.2, 0.25) is 0 Å². The lowest BCUT2D eigenvalue weighted by Gasteiger charge is -2.34. The highest BCUT2D eigenvalue weighted by molar-refractivity contribution is 7.89. The Morgan fingerprint density at radius 1 is 0.951 bits per heavy atom. The van der Waals surface area contributed by atoms with Gasteiger partial charge in [-0.1, -0.05) is 41.7 Å². The zero-order chi connectivity index (χ0) is 28.6. The Hall–Kier alpha value is -3.31. The number of thiazole rings is 1. The number of anilines is 1. The number of nitrogens with zero attached hydrogens (tertiary/aromatic N) is 4. The van der Waals surface area contributed by atoms with Crippen molar-refractivity contribution in [1.29, 1.82) is 0 Å². The quantitative estimate of drug-likeness (QED) is 0.348. The van der Waals surface area contributed by atoms with Gasteiger partial charge in [0.05, 0.1) is 15.1 Å². The largest absolute Gasteiger partial charge is 0.351 e. The standard InChI is InChI=1S/C31H35N5O3S2/c1-22-19-23(2)29-28(20-22)33-31(40-29)35-17-15-34(16-18-35)14-12-32-30(37)25-7-9-27(10-8-25)41(38,39)36-13-11-24-5-3-4-6-26(24)21-36/h3-10,19-20H,11-18,21H2,1-2H3,(H,32,37). The average molecular weight is 590 g/mol. The fourth-order valence-corrected chi connectivity index (χ4v) is 8.18. The van der Waals surface area contributed by atoms with Gasteiger partial charge in [-0.15, -0.1) is 0 Å². The highest BCUT2D eigenvalue weighted by Crippen LogP contribution is 2.32. The van der Waals surface area contributed by atoms with Crippen LogP contribution in [-0.4, -0.2) is 74.3 Å². The molecule has 0 aliphatic carbocycles. The highest BCUT2D eigenvalue weighted by Gasteiger charge is 2.28. The SMILES string of the molecule is Cc1cc(C)c2sc(N3CCN(CCNC(=O)c4ccc(S(=O)(=O)N5CCc6ccccc6C5)cc4)CC3)nc2c1. The summed E-state index contributed by atoms with van der Waals surface area (Å²) in [5.41, 5.74) is 6.30. The molecule has 0 unspecified atom stereocenters. The van der Waals surface area contributed by atoms with Crippen LogP contribution in [0.1, 0.15) is 32.6 Å². The number of rotatable bonds is 7. The van der Waals surface area contributed by atoms with Gasteiger partial charge in [-0.3, -0.25) is 9.69 Å². The lowest BCUT2D eigenvalue weighted by Crippen LogP contribution is -2.48. The number of benzene rings is 3. The summed E-state index contributed by atoms with van der Waals surface area (Å²) in [7, 11) is -3.63. The second-order valence-corrected chi connectivity index (χ2v) is 13.8. The summed E-state index contributed by atoms with van der Waals surface area (Å²) in [6, 6.07) is 18.6. The summed E-state index contributed by atoms with van der Waals surface area (Å²) in [5, 5.41) is 4.07. The van der Waals surface area contributed by atoms with Crippen LogP contribution in [0.25, 0.3) is 10.2 Å². The monoisotopic (exact) mass is 589 g/mol. The molecule has 0 saturated carbocycles. The van der Waals surface area contributed by atoms with E-state index in [4.69, 9.17) is 4.98 Å². The summed E-state index contributed by atoms with van der Waals surface area (Å²) in [6.45, 7) is 10.0. The molecule has 0 spiro atoms. The van der Waals surface area contributed by atoms with Crippen molar-refractivity contribution in [3.63, 3.8) is 0 Å². The Kier molecular flexibility index (Phi) is 7.82. The lowest BCUT2D eigenvalue weighted by molar-refractivity contribution is 0.0947. The maximum absolute atomic E-state index is 13.2. The smallest absolute Gasteiger partial charge is 0.251 e. The Balaban J connectivity index is 0.982. The molecule has 4 aromatic rings. The Morgan fingerprint density at radius 3 is 2.44 bits per heavy atom. The molecule has 1 saturated heterocycles. The second-order valence-electron chi connectivity index (χ2n) is 10.9. The van der Waals surface area contributed by atoms with Crippen LogP contribution >= 0.6 is 11.3 Å². The average Bonchev–Trinajstić information content (AvgIpc) is 3.42. The predicted molar refractivity (Wildman–Crippen MR) is 164 cm³/mol. The van der Waals surface area contributed by atoms with Crippen molar-refractivity contribution < 1.29 is 13.2 Å². The highest BCUT2D eigenvalue weighted by atomic mass is 32.2. The number of sulfonamides is 1. The lowest BCUT2D eigenvalue weighted by atomic mass is 10.0. The van der Waals surface area contributed by atoms with Crippen molar-refractivity contribution in [1.82, 2.24) is 19.5 Å². The van der Waals surface area contributed by atoms with E-state index in [-0.39, 0.29) is 10.8 Å². The zero-order valence-corrected chi connectivity index (χ0v) is 25.1. The first-order chi connectivity index (χ1) is 19.8. The van der Waals surface area contributed by atoms with E-state index in [1.807, 2.05) is 18.2 Å². The van der Waals surface area contributed by atoms with Crippen LogP contribution in [-0.2, 0) is 23.0 Å². The van der Waals surface area contributed by atoms with Gasteiger partial charge in [-0.05, 0) is 72.9 Å². The van der Waals surface area contributed by atoms with E-state index in [1.165, 1.54) is 37.8 Å². The number of hydrogen-bond donors (Lipinski definition) is 1. The second kappa shape index (κ2) is 11.5. The van der Waals surface area contributed by atoms with Gasteiger partial charge in [0.1, 0.15) is 0 Å². The third-order valence-corrected chi connectivity index (χ3v) is 11.1. The summed E-state index contributed by atoms with van der Waals surface area (Å²) in [5.74, 6) is -0.195. The molecule has 1 fully saturated rings. The number of fused-ring (bicyclic) bond motifs is 2. The molecule has 1 amide bonds. The molecule has 0 radical (unpaired) electrons. The van der Waals surface area contributed by atoms with Crippen LogP contribution in [0.15, 0.2) is 65.6 Å². The molecule has 0 bridgehead atoms. The number of piperazine rings is 1. The number of carbonyl (C=O) groups excluding carboxylic acids is 1. The number of hydrogen-bond acceptors (Lipinski definition) is 7. The van der Waals surface area contributed by atoms with Crippen molar-refractivity contribution >= 4 is 42.6 Å². The molecule has 2 aliphatic heterocycles. The third-order valence-electron chi connectivity index (χ3n) is 8.02.